The van der Waals surface area contributed by atoms with Crippen molar-refractivity contribution in [1.29, 1.82) is 0 Å². The summed E-state index contributed by atoms with van der Waals surface area (Å²) in [6.45, 7) is 1.99. The molecule has 1 amide bonds. The third-order valence-electron chi connectivity index (χ3n) is 3.59. The van der Waals surface area contributed by atoms with Gasteiger partial charge in [0.15, 0.2) is 0 Å². The molecule has 0 aliphatic carbocycles. The lowest BCUT2D eigenvalue weighted by Crippen LogP contribution is -2.25. The van der Waals surface area contributed by atoms with Gasteiger partial charge in [-0.25, -0.2) is 0 Å². The topological polar surface area (TPSA) is 73.6 Å². The molecule has 0 saturated heterocycles. The molecule has 0 radical (unpaired) electrons. The third kappa shape index (κ3) is 5.37. The molecule has 5 nitrogen and oxygen atoms in total. The number of amides is 1. The number of nitrogens with two attached hydrogens (primary N) is 1. The Morgan fingerprint density at radius 3 is 2.67 bits per heavy atom. The molecule has 0 spiro atoms. The van der Waals surface area contributed by atoms with Crippen molar-refractivity contribution in [3.63, 3.8) is 0 Å². The molecule has 2 rings (SSSR count). The maximum absolute atomic E-state index is 12.1. The molecule has 0 saturated carbocycles. The van der Waals surface area contributed by atoms with Crippen LogP contribution >= 0.6 is 0 Å². The zero-order valence-corrected chi connectivity index (χ0v) is 14.0. The molecular weight excluding hydrogens is 304 g/mol. The van der Waals surface area contributed by atoms with E-state index >= 15 is 0 Å². The number of methoxy groups -OCH3 is 1. The first-order valence-electron chi connectivity index (χ1n) is 8.01. The third-order valence-corrected chi connectivity index (χ3v) is 3.59. The van der Waals surface area contributed by atoms with Gasteiger partial charge in [-0.05, 0) is 30.2 Å². The maximum atomic E-state index is 12.1. The van der Waals surface area contributed by atoms with E-state index in [0.29, 0.717) is 37.6 Å². The number of hydrogen-bond acceptors (Lipinski definition) is 4. The Bertz CT molecular complexity index is 644. The first kappa shape index (κ1) is 18.0. The fourth-order valence-electron chi connectivity index (χ4n) is 2.28. The Hall–Kier alpha value is -2.37. The highest BCUT2D eigenvalue weighted by molar-refractivity contribution is 5.94. The molecule has 0 heterocycles. The minimum absolute atomic E-state index is 0.115. The van der Waals surface area contributed by atoms with E-state index in [9.17, 15) is 4.79 Å². The number of benzene rings is 2. The van der Waals surface area contributed by atoms with Crippen LogP contribution in [0.3, 0.4) is 0 Å². The SMILES string of the molecule is COCCCNC(=O)c1ccc(OCc2ccccc2)c(CN)c1. The molecule has 0 atom stereocenters. The quantitative estimate of drug-likeness (QED) is 0.694. The number of carbonyl (C=O) groups is 1. The van der Waals surface area contributed by atoms with Crippen LogP contribution in [0.2, 0.25) is 0 Å². The van der Waals surface area contributed by atoms with Crippen LogP contribution in [0.15, 0.2) is 48.5 Å². The highest BCUT2D eigenvalue weighted by Crippen LogP contribution is 2.21. The summed E-state index contributed by atoms with van der Waals surface area (Å²) >= 11 is 0. The predicted molar refractivity (Wildman–Crippen MR) is 93.9 cm³/mol. The van der Waals surface area contributed by atoms with Crippen LogP contribution in [0, 0.1) is 0 Å². The Balaban J connectivity index is 1.97. The monoisotopic (exact) mass is 328 g/mol. The van der Waals surface area contributed by atoms with Gasteiger partial charge >= 0.3 is 0 Å². The van der Waals surface area contributed by atoms with Crippen LogP contribution < -0.4 is 15.8 Å². The van der Waals surface area contributed by atoms with Gasteiger partial charge in [0, 0.05) is 37.9 Å². The van der Waals surface area contributed by atoms with Crippen LogP contribution in [-0.2, 0) is 17.9 Å². The maximum Gasteiger partial charge on any atom is 0.251 e. The zero-order valence-electron chi connectivity index (χ0n) is 14.0. The van der Waals surface area contributed by atoms with E-state index in [4.69, 9.17) is 15.2 Å². The van der Waals surface area contributed by atoms with Crippen molar-refractivity contribution in [3.8, 4) is 5.75 Å². The molecule has 3 N–H and O–H groups in total. The van der Waals surface area contributed by atoms with Crippen LogP contribution in [0.25, 0.3) is 0 Å². The van der Waals surface area contributed by atoms with Crippen LogP contribution in [-0.4, -0.2) is 26.2 Å². The van der Waals surface area contributed by atoms with E-state index in [1.807, 2.05) is 30.3 Å². The van der Waals surface area contributed by atoms with Gasteiger partial charge in [0.05, 0.1) is 0 Å². The second-order valence-electron chi connectivity index (χ2n) is 5.40. The average molecular weight is 328 g/mol. The van der Waals surface area contributed by atoms with Gasteiger partial charge in [0.1, 0.15) is 12.4 Å². The van der Waals surface area contributed by atoms with Crippen LogP contribution in [0.5, 0.6) is 5.75 Å². The standard InChI is InChI=1S/C19H24N2O3/c1-23-11-5-10-21-19(22)16-8-9-18(17(12-16)13-20)24-14-15-6-3-2-4-7-15/h2-4,6-9,12H,5,10-11,13-14,20H2,1H3,(H,21,22). The van der Waals surface area contributed by atoms with Crippen molar-refractivity contribution < 1.29 is 14.3 Å². The predicted octanol–water partition coefficient (Wildman–Crippen LogP) is 2.49. The summed E-state index contributed by atoms with van der Waals surface area (Å²) in [7, 11) is 1.64. The summed E-state index contributed by atoms with van der Waals surface area (Å²) in [5.41, 5.74) is 8.28. The first-order valence-corrected chi connectivity index (χ1v) is 8.01. The second kappa shape index (κ2) is 9.70. The Morgan fingerprint density at radius 1 is 1.17 bits per heavy atom. The fraction of sp³-hybridized carbons (Fsp3) is 0.316. The highest BCUT2D eigenvalue weighted by atomic mass is 16.5. The summed E-state index contributed by atoms with van der Waals surface area (Å²) in [6, 6.07) is 15.3. The van der Waals surface area contributed by atoms with Crippen LogP contribution in [0.1, 0.15) is 27.9 Å². The Morgan fingerprint density at radius 2 is 1.96 bits per heavy atom. The molecular formula is C19H24N2O3. The molecule has 2 aromatic rings. The summed E-state index contributed by atoms with van der Waals surface area (Å²) in [5, 5.41) is 2.86. The molecule has 0 bridgehead atoms. The molecule has 0 unspecified atom stereocenters. The summed E-state index contributed by atoms with van der Waals surface area (Å²) in [5.74, 6) is 0.590. The van der Waals surface area contributed by atoms with E-state index in [1.54, 1.807) is 25.3 Å². The Labute approximate surface area is 142 Å². The molecule has 0 aromatic heterocycles. The number of nitrogens with one attached hydrogen (secondary N) is 1. The first-order chi connectivity index (χ1) is 11.7. The summed E-state index contributed by atoms with van der Waals surface area (Å²) < 4.78 is 10.8. The van der Waals surface area contributed by atoms with Gasteiger partial charge in [-0.1, -0.05) is 30.3 Å². The molecule has 0 aliphatic heterocycles. The van der Waals surface area contributed by atoms with E-state index in [2.05, 4.69) is 5.32 Å². The van der Waals surface area contributed by atoms with Crippen LogP contribution in [0.4, 0.5) is 0 Å². The lowest BCUT2D eigenvalue weighted by Gasteiger charge is -2.12. The largest absolute Gasteiger partial charge is 0.489 e. The van der Waals surface area contributed by atoms with Gasteiger partial charge in [-0.15, -0.1) is 0 Å². The van der Waals surface area contributed by atoms with E-state index in [0.717, 1.165) is 17.5 Å². The molecule has 2 aromatic carbocycles. The molecule has 0 aliphatic rings. The lowest BCUT2D eigenvalue weighted by atomic mass is 10.1. The fourth-order valence-corrected chi connectivity index (χ4v) is 2.28. The molecule has 24 heavy (non-hydrogen) atoms. The molecule has 5 heteroatoms. The molecule has 0 fully saturated rings. The number of rotatable bonds is 9. The average Bonchev–Trinajstić information content (AvgIpc) is 2.64. The van der Waals surface area contributed by atoms with E-state index in [1.165, 1.54) is 0 Å². The van der Waals surface area contributed by atoms with Crippen molar-refractivity contribution in [1.82, 2.24) is 5.32 Å². The normalized spacial score (nSPS) is 10.4. The van der Waals surface area contributed by atoms with Gasteiger partial charge in [-0.3, -0.25) is 4.79 Å². The Kier molecular flexibility index (Phi) is 7.26. The second-order valence-corrected chi connectivity index (χ2v) is 5.40. The van der Waals surface area contributed by atoms with Crippen molar-refractivity contribution in [2.45, 2.75) is 19.6 Å². The van der Waals surface area contributed by atoms with Gasteiger partial charge in [0.2, 0.25) is 0 Å². The van der Waals surface area contributed by atoms with E-state index < -0.39 is 0 Å². The highest BCUT2D eigenvalue weighted by Gasteiger charge is 2.10. The van der Waals surface area contributed by atoms with Crippen molar-refractivity contribution >= 4 is 5.91 Å². The number of ether oxygens (including phenoxy) is 2. The van der Waals surface area contributed by atoms with Crippen molar-refractivity contribution in [3.05, 3.63) is 65.2 Å². The van der Waals surface area contributed by atoms with Gasteiger partial charge < -0.3 is 20.5 Å². The smallest absolute Gasteiger partial charge is 0.251 e. The minimum Gasteiger partial charge on any atom is -0.489 e. The minimum atomic E-state index is -0.115. The van der Waals surface area contributed by atoms with E-state index in [-0.39, 0.29) is 5.91 Å². The van der Waals surface area contributed by atoms with Crippen molar-refractivity contribution in [2.75, 3.05) is 20.3 Å². The number of carbonyl (C=O) groups excluding carboxylic acids is 1. The molecule has 128 valence electrons. The summed E-state index contributed by atoms with van der Waals surface area (Å²) in [4.78, 5) is 12.1. The number of hydrogen-bond donors (Lipinski definition) is 2. The summed E-state index contributed by atoms with van der Waals surface area (Å²) in [6.07, 6.45) is 0.782. The lowest BCUT2D eigenvalue weighted by molar-refractivity contribution is 0.0948. The van der Waals surface area contributed by atoms with Crippen molar-refractivity contribution in [2.24, 2.45) is 5.73 Å². The van der Waals surface area contributed by atoms with Gasteiger partial charge in [-0.2, -0.15) is 0 Å². The van der Waals surface area contributed by atoms with Gasteiger partial charge in [0.25, 0.3) is 5.91 Å². The zero-order chi connectivity index (χ0) is 17.2.